The lowest BCUT2D eigenvalue weighted by Crippen LogP contribution is -2.12. The average molecular weight is 285 g/mol. The zero-order valence-corrected chi connectivity index (χ0v) is 12.3. The van der Waals surface area contributed by atoms with Crippen LogP contribution in [0.3, 0.4) is 0 Å². The molecule has 4 nitrogen and oxygen atoms in total. The van der Waals surface area contributed by atoms with Crippen LogP contribution in [0.25, 0.3) is 0 Å². The molecule has 0 spiro atoms. The summed E-state index contributed by atoms with van der Waals surface area (Å²) in [6.07, 6.45) is 0. The molecule has 110 valence electrons. The van der Waals surface area contributed by atoms with Crippen LogP contribution in [-0.2, 0) is 0 Å². The predicted molar refractivity (Wildman–Crippen MR) is 81.9 cm³/mol. The highest BCUT2D eigenvalue weighted by Crippen LogP contribution is 2.22. The van der Waals surface area contributed by atoms with E-state index in [2.05, 4.69) is 0 Å². The minimum absolute atomic E-state index is 0.399. The lowest BCUT2D eigenvalue weighted by Gasteiger charge is -2.12. The Labute approximate surface area is 124 Å². The second-order valence-corrected chi connectivity index (χ2v) is 4.81. The van der Waals surface area contributed by atoms with Gasteiger partial charge in [0, 0.05) is 5.56 Å². The first-order valence-corrected chi connectivity index (χ1v) is 6.79. The van der Waals surface area contributed by atoms with Crippen LogP contribution in [0.1, 0.15) is 21.5 Å². The number of benzene rings is 2. The van der Waals surface area contributed by atoms with E-state index in [4.69, 9.17) is 15.2 Å². The van der Waals surface area contributed by atoms with Gasteiger partial charge in [-0.1, -0.05) is 24.3 Å². The minimum atomic E-state index is -0.466. The first-order valence-electron chi connectivity index (χ1n) is 6.79. The zero-order chi connectivity index (χ0) is 15.2. The van der Waals surface area contributed by atoms with Crippen LogP contribution in [0, 0.1) is 13.8 Å². The highest BCUT2D eigenvalue weighted by Gasteiger charge is 2.04. The molecule has 4 heteroatoms. The van der Waals surface area contributed by atoms with Crippen molar-refractivity contribution in [3.05, 3.63) is 59.2 Å². The van der Waals surface area contributed by atoms with E-state index < -0.39 is 5.91 Å². The van der Waals surface area contributed by atoms with Gasteiger partial charge in [0.05, 0.1) is 0 Å². The summed E-state index contributed by atoms with van der Waals surface area (Å²) in [6.45, 7) is 4.86. The Kier molecular flexibility index (Phi) is 4.82. The molecule has 0 aliphatic carbocycles. The number of hydrogen-bond donors (Lipinski definition) is 1. The highest BCUT2D eigenvalue weighted by atomic mass is 16.5. The van der Waals surface area contributed by atoms with E-state index in [1.54, 1.807) is 24.3 Å². The summed E-state index contributed by atoms with van der Waals surface area (Å²) in [6, 6.07) is 12.8. The number of hydrogen-bond acceptors (Lipinski definition) is 3. The number of amides is 1. The van der Waals surface area contributed by atoms with Gasteiger partial charge in [-0.25, -0.2) is 0 Å². The number of ether oxygens (including phenoxy) is 2. The average Bonchev–Trinajstić information content (AvgIpc) is 2.46. The van der Waals surface area contributed by atoms with Crippen molar-refractivity contribution in [2.75, 3.05) is 13.2 Å². The standard InChI is InChI=1S/C17H19NO3/c1-12-5-3-6-13(2)16(12)21-10-9-20-15-8-4-7-14(11-15)17(18)19/h3-8,11H,9-10H2,1-2H3,(H2,18,19). The van der Waals surface area contributed by atoms with Crippen molar-refractivity contribution in [3.8, 4) is 11.5 Å². The number of primary amides is 1. The smallest absolute Gasteiger partial charge is 0.248 e. The third-order valence-corrected chi connectivity index (χ3v) is 3.13. The SMILES string of the molecule is Cc1cccc(C)c1OCCOc1cccc(C(N)=O)c1. The van der Waals surface area contributed by atoms with Crippen molar-refractivity contribution >= 4 is 5.91 Å². The molecule has 0 saturated heterocycles. The van der Waals surface area contributed by atoms with E-state index in [1.807, 2.05) is 32.0 Å². The Balaban J connectivity index is 1.88. The first-order chi connectivity index (χ1) is 10.1. The molecular formula is C17H19NO3. The number of para-hydroxylation sites is 1. The van der Waals surface area contributed by atoms with Gasteiger partial charge in [-0.15, -0.1) is 0 Å². The molecule has 0 aliphatic rings. The third-order valence-electron chi connectivity index (χ3n) is 3.13. The van der Waals surface area contributed by atoms with Gasteiger partial charge in [-0.3, -0.25) is 4.79 Å². The van der Waals surface area contributed by atoms with Crippen molar-refractivity contribution in [2.45, 2.75) is 13.8 Å². The lowest BCUT2D eigenvalue weighted by atomic mass is 10.1. The molecular weight excluding hydrogens is 266 g/mol. The minimum Gasteiger partial charge on any atom is -0.490 e. The molecule has 2 aromatic rings. The van der Waals surface area contributed by atoms with Crippen LogP contribution in [0.4, 0.5) is 0 Å². The fraction of sp³-hybridized carbons (Fsp3) is 0.235. The van der Waals surface area contributed by atoms with Crippen LogP contribution in [0.2, 0.25) is 0 Å². The van der Waals surface area contributed by atoms with Crippen LogP contribution in [-0.4, -0.2) is 19.1 Å². The predicted octanol–water partition coefficient (Wildman–Crippen LogP) is 2.86. The van der Waals surface area contributed by atoms with Crippen molar-refractivity contribution in [2.24, 2.45) is 5.73 Å². The van der Waals surface area contributed by atoms with Gasteiger partial charge in [0.1, 0.15) is 24.7 Å². The van der Waals surface area contributed by atoms with Crippen LogP contribution in [0.15, 0.2) is 42.5 Å². The summed E-state index contributed by atoms with van der Waals surface area (Å²) in [7, 11) is 0. The van der Waals surface area contributed by atoms with Crippen molar-refractivity contribution in [1.82, 2.24) is 0 Å². The first kappa shape index (κ1) is 14.9. The molecule has 0 unspecified atom stereocenters. The number of carbonyl (C=O) groups is 1. The summed E-state index contributed by atoms with van der Waals surface area (Å²) in [4.78, 5) is 11.1. The number of aryl methyl sites for hydroxylation is 2. The van der Waals surface area contributed by atoms with Gasteiger partial charge < -0.3 is 15.2 Å². The largest absolute Gasteiger partial charge is 0.490 e. The van der Waals surface area contributed by atoms with Gasteiger partial charge in [0.15, 0.2) is 0 Å². The topological polar surface area (TPSA) is 61.6 Å². The van der Waals surface area contributed by atoms with E-state index in [9.17, 15) is 4.79 Å². The van der Waals surface area contributed by atoms with E-state index in [-0.39, 0.29) is 0 Å². The molecule has 0 heterocycles. The van der Waals surface area contributed by atoms with Crippen LogP contribution in [0.5, 0.6) is 11.5 Å². The Bertz CT molecular complexity index is 617. The van der Waals surface area contributed by atoms with Gasteiger partial charge in [0.2, 0.25) is 5.91 Å². The fourth-order valence-corrected chi connectivity index (χ4v) is 2.07. The normalized spacial score (nSPS) is 10.2. The quantitative estimate of drug-likeness (QED) is 0.830. The maximum atomic E-state index is 11.1. The van der Waals surface area contributed by atoms with Crippen LogP contribution < -0.4 is 15.2 Å². The Morgan fingerprint density at radius 2 is 1.62 bits per heavy atom. The summed E-state index contributed by atoms with van der Waals surface area (Å²) < 4.78 is 11.3. The van der Waals surface area contributed by atoms with Crippen molar-refractivity contribution in [3.63, 3.8) is 0 Å². The van der Waals surface area contributed by atoms with Gasteiger partial charge in [-0.2, -0.15) is 0 Å². The van der Waals surface area contributed by atoms with Gasteiger partial charge in [0.25, 0.3) is 0 Å². The van der Waals surface area contributed by atoms with Gasteiger partial charge in [-0.05, 0) is 43.2 Å². The van der Waals surface area contributed by atoms with E-state index in [0.717, 1.165) is 16.9 Å². The fourth-order valence-electron chi connectivity index (χ4n) is 2.07. The Hall–Kier alpha value is -2.49. The molecule has 2 rings (SSSR count). The highest BCUT2D eigenvalue weighted by molar-refractivity contribution is 5.93. The molecule has 0 aliphatic heterocycles. The summed E-state index contributed by atoms with van der Waals surface area (Å²) >= 11 is 0. The van der Waals surface area contributed by atoms with Crippen LogP contribution >= 0.6 is 0 Å². The molecule has 0 fully saturated rings. The second-order valence-electron chi connectivity index (χ2n) is 4.81. The summed E-state index contributed by atoms with van der Waals surface area (Å²) in [5.41, 5.74) is 7.87. The summed E-state index contributed by atoms with van der Waals surface area (Å²) in [5, 5.41) is 0. The maximum absolute atomic E-state index is 11.1. The molecule has 0 aromatic heterocycles. The monoisotopic (exact) mass is 285 g/mol. The summed E-state index contributed by atoms with van der Waals surface area (Å²) in [5.74, 6) is 1.04. The molecule has 2 N–H and O–H groups in total. The number of rotatable bonds is 6. The molecule has 2 aromatic carbocycles. The van der Waals surface area contributed by atoms with E-state index in [0.29, 0.717) is 24.5 Å². The zero-order valence-electron chi connectivity index (χ0n) is 12.3. The maximum Gasteiger partial charge on any atom is 0.248 e. The molecule has 21 heavy (non-hydrogen) atoms. The second kappa shape index (κ2) is 6.79. The van der Waals surface area contributed by atoms with Gasteiger partial charge >= 0.3 is 0 Å². The number of nitrogens with two attached hydrogens (primary N) is 1. The molecule has 0 atom stereocenters. The molecule has 0 radical (unpaired) electrons. The van der Waals surface area contributed by atoms with Crippen molar-refractivity contribution in [1.29, 1.82) is 0 Å². The van der Waals surface area contributed by atoms with Crippen molar-refractivity contribution < 1.29 is 14.3 Å². The van der Waals surface area contributed by atoms with E-state index in [1.165, 1.54) is 0 Å². The molecule has 1 amide bonds. The van der Waals surface area contributed by atoms with E-state index >= 15 is 0 Å². The molecule has 0 bridgehead atoms. The Morgan fingerprint density at radius 1 is 1.00 bits per heavy atom. The third kappa shape index (κ3) is 3.99. The number of carbonyl (C=O) groups excluding carboxylic acids is 1. The Morgan fingerprint density at radius 3 is 2.29 bits per heavy atom. The molecule has 0 saturated carbocycles. The lowest BCUT2D eigenvalue weighted by molar-refractivity contribution is 0.1000.